The van der Waals surface area contributed by atoms with Gasteiger partial charge in [-0.25, -0.2) is 0 Å². The van der Waals surface area contributed by atoms with E-state index in [1.807, 2.05) is 23.8 Å². The molecule has 0 unspecified atom stereocenters. The zero-order valence-corrected chi connectivity index (χ0v) is 11.1. The van der Waals surface area contributed by atoms with Gasteiger partial charge in [0, 0.05) is 13.1 Å². The number of hydrogen-bond donors (Lipinski definition) is 0. The highest BCUT2D eigenvalue weighted by atomic mass is 16.5. The smallest absolute Gasteiger partial charge is 0.319 e. The van der Waals surface area contributed by atoms with Gasteiger partial charge in [0.1, 0.15) is 0 Å². The molecule has 0 aliphatic carbocycles. The van der Waals surface area contributed by atoms with Crippen molar-refractivity contribution in [2.45, 2.75) is 6.92 Å². The monoisotopic (exact) mass is 246 g/mol. The predicted octanol–water partition coefficient (Wildman–Crippen LogP) is -0.414. The molecule has 0 bridgehead atoms. The van der Waals surface area contributed by atoms with Crippen LogP contribution >= 0.6 is 0 Å². The molecule has 0 fully saturated rings. The molecule has 0 N–H and O–H groups in total. The summed E-state index contributed by atoms with van der Waals surface area (Å²) in [6, 6.07) is 0. The summed E-state index contributed by atoms with van der Waals surface area (Å²) in [6.45, 7) is 4.68. The summed E-state index contributed by atoms with van der Waals surface area (Å²) in [5, 5.41) is 0. The predicted molar refractivity (Wildman–Crippen MR) is 63.6 cm³/mol. The Morgan fingerprint density at radius 3 is 2.00 bits per heavy atom. The molecule has 0 heterocycles. The largest absolute Gasteiger partial charge is 0.468 e. The van der Waals surface area contributed by atoms with Crippen LogP contribution < -0.4 is 0 Å². The molecule has 0 aliphatic rings. The molecule has 0 rings (SSSR count). The second kappa shape index (κ2) is 8.95. The fourth-order valence-corrected chi connectivity index (χ4v) is 1.27. The number of nitrogens with zero attached hydrogens (tertiary/aromatic N) is 2. The van der Waals surface area contributed by atoms with E-state index in [1.165, 1.54) is 14.2 Å². The standard InChI is InChI=1S/C11H22N2O4/c1-5-13(9-11(15)17-4)7-6-12(2)8-10(14)16-3/h5-9H2,1-4H3. The van der Waals surface area contributed by atoms with Crippen molar-refractivity contribution in [1.82, 2.24) is 9.80 Å². The molecule has 0 saturated heterocycles. The van der Waals surface area contributed by atoms with Gasteiger partial charge in [0.25, 0.3) is 0 Å². The van der Waals surface area contributed by atoms with Gasteiger partial charge in [0.2, 0.25) is 0 Å². The molecule has 0 aromatic heterocycles. The Balaban J connectivity index is 3.89. The Bertz CT molecular complexity index is 246. The summed E-state index contributed by atoms with van der Waals surface area (Å²) >= 11 is 0. The van der Waals surface area contributed by atoms with E-state index >= 15 is 0 Å². The zero-order valence-electron chi connectivity index (χ0n) is 11.1. The molecule has 0 radical (unpaired) electrons. The molecule has 0 atom stereocenters. The Morgan fingerprint density at radius 2 is 1.53 bits per heavy atom. The van der Waals surface area contributed by atoms with Crippen LogP contribution in [0.4, 0.5) is 0 Å². The molecule has 6 nitrogen and oxygen atoms in total. The third-order valence-electron chi connectivity index (χ3n) is 2.45. The number of esters is 2. The van der Waals surface area contributed by atoms with Crippen LogP contribution in [0.1, 0.15) is 6.92 Å². The number of methoxy groups -OCH3 is 2. The first-order valence-electron chi connectivity index (χ1n) is 5.58. The molecule has 0 aromatic carbocycles. The Kier molecular flexibility index (Phi) is 8.35. The second-order valence-corrected chi connectivity index (χ2v) is 3.76. The fraction of sp³-hybridized carbons (Fsp3) is 0.818. The van der Waals surface area contributed by atoms with Gasteiger partial charge < -0.3 is 9.47 Å². The van der Waals surface area contributed by atoms with Crippen molar-refractivity contribution < 1.29 is 19.1 Å². The van der Waals surface area contributed by atoms with Crippen LogP contribution in [0.3, 0.4) is 0 Å². The van der Waals surface area contributed by atoms with Crippen molar-refractivity contribution in [3.05, 3.63) is 0 Å². The van der Waals surface area contributed by atoms with E-state index in [0.29, 0.717) is 13.1 Å². The van der Waals surface area contributed by atoms with Crippen molar-refractivity contribution >= 4 is 11.9 Å². The fourth-order valence-electron chi connectivity index (χ4n) is 1.27. The lowest BCUT2D eigenvalue weighted by Crippen LogP contribution is -2.38. The quantitative estimate of drug-likeness (QED) is 0.542. The summed E-state index contributed by atoms with van der Waals surface area (Å²) in [7, 11) is 4.58. The summed E-state index contributed by atoms with van der Waals surface area (Å²) in [4.78, 5) is 25.9. The highest BCUT2D eigenvalue weighted by Crippen LogP contribution is 1.92. The number of likely N-dealkylation sites (N-methyl/N-ethyl adjacent to an activating group) is 2. The third-order valence-corrected chi connectivity index (χ3v) is 2.45. The third kappa shape index (κ3) is 7.70. The summed E-state index contributed by atoms with van der Waals surface area (Å²) in [5.41, 5.74) is 0. The van der Waals surface area contributed by atoms with Crippen molar-refractivity contribution in [3.8, 4) is 0 Å². The number of hydrogen-bond acceptors (Lipinski definition) is 6. The highest BCUT2D eigenvalue weighted by molar-refractivity contribution is 5.71. The van der Waals surface area contributed by atoms with Crippen LogP contribution in [-0.2, 0) is 19.1 Å². The van der Waals surface area contributed by atoms with Crippen LogP contribution in [0, 0.1) is 0 Å². The van der Waals surface area contributed by atoms with Crippen molar-refractivity contribution in [2.24, 2.45) is 0 Å². The number of carbonyl (C=O) groups excluding carboxylic acids is 2. The van der Waals surface area contributed by atoms with Gasteiger partial charge in [-0.3, -0.25) is 19.4 Å². The highest BCUT2D eigenvalue weighted by Gasteiger charge is 2.11. The maximum Gasteiger partial charge on any atom is 0.319 e. The first-order valence-corrected chi connectivity index (χ1v) is 5.58. The first kappa shape index (κ1) is 15.9. The van der Waals surface area contributed by atoms with Crippen LogP contribution in [-0.4, -0.2) is 75.7 Å². The maximum atomic E-state index is 11.1. The first-order chi connectivity index (χ1) is 8.03. The molecular weight excluding hydrogens is 224 g/mol. The Labute approximate surface area is 102 Å². The second-order valence-electron chi connectivity index (χ2n) is 3.76. The summed E-state index contributed by atoms with van der Waals surface area (Å²) in [5.74, 6) is -0.508. The average molecular weight is 246 g/mol. The number of ether oxygens (including phenoxy) is 2. The van der Waals surface area contributed by atoms with E-state index in [4.69, 9.17) is 0 Å². The van der Waals surface area contributed by atoms with Crippen LogP contribution in [0.2, 0.25) is 0 Å². The van der Waals surface area contributed by atoms with E-state index in [1.54, 1.807) is 0 Å². The zero-order chi connectivity index (χ0) is 13.3. The molecular formula is C11H22N2O4. The summed E-state index contributed by atoms with van der Waals surface area (Å²) < 4.78 is 9.17. The average Bonchev–Trinajstić information content (AvgIpc) is 2.33. The molecule has 6 heteroatoms. The molecule has 0 amide bonds. The van der Waals surface area contributed by atoms with Gasteiger partial charge in [-0.2, -0.15) is 0 Å². The lowest BCUT2D eigenvalue weighted by Gasteiger charge is -2.22. The Hall–Kier alpha value is -1.14. The van der Waals surface area contributed by atoms with Gasteiger partial charge in [-0.1, -0.05) is 6.92 Å². The van der Waals surface area contributed by atoms with Crippen molar-refractivity contribution in [3.63, 3.8) is 0 Å². The maximum absolute atomic E-state index is 11.1. The van der Waals surface area contributed by atoms with Crippen LogP contribution in [0.25, 0.3) is 0 Å². The lowest BCUT2D eigenvalue weighted by molar-refractivity contribution is -0.143. The van der Waals surface area contributed by atoms with Gasteiger partial charge in [0.15, 0.2) is 0 Å². The normalized spacial score (nSPS) is 10.7. The van der Waals surface area contributed by atoms with E-state index in [9.17, 15) is 9.59 Å². The van der Waals surface area contributed by atoms with E-state index < -0.39 is 0 Å². The van der Waals surface area contributed by atoms with Crippen molar-refractivity contribution in [1.29, 1.82) is 0 Å². The van der Waals surface area contributed by atoms with Gasteiger partial charge in [0.05, 0.1) is 27.3 Å². The lowest BCUT2D eigenvalue weighted by atomic mass is 10.4. The molecule has 100 valence electrons. The SMILES string of the molecule is CCN(CCN(C)CC(=O)OC)CC(=O)OC. The molecule has 17 heavy (non-hydrogen) atoms. The van der Waals surface area contributed by atoms with Gasteiger partial charge >= 0.3 is 11.9 Å². The van der Waals surface area contributed by atoms with E-state index in [0.717, 1.165) is 6.54 Å². The molecule has 0 saturated carbocycles. The van der Waals surface area contributed by atoms with E-state index in [-0.39, 0.29) is 25.0 Å². The van der Waals surface area contributed by atoms with E-state index in [2.05, 4.69) is 9.47 Å². The minimum atomic E-state index is -0.261. The van der Waals surface area contributed by atoms with Crippen LogP contribution in [0.5, 0.6) is 0 Å². The minimum Gasteiger partial charge on any atom is -0.468 e. The van der Waals surface area contributed by atoms with Gasteiger partial charge in [-0.05, 0) is 13.6 Å². The number of carbonyl (C=O) groups is 2. The molecule has 0 aromatic rings. The molecule has 0 aliphatic heterocycles. The van der Waals surface area contributed by atoms with Gasteiger partial charge in [-0.15, -0.1) is 0 Å². The van der Waals surface area contributed by atoms with Crippen molar-refractivity contribution in [2.75, 3.05) is 54.0 Å². The minimum absolute atomic E-state index is 0.248. The van der Waals surface area contributed by atoms with Crippen LogP contribution in [0.15, 0.2) is 0 Å². The summed E-state index contributed by atoms with van der Waals surface area (Å²) in [6.07, 6.45) is 0. The molecule has 0 spiro atoms. The Morgan fingerprint density at radius 1 is 1.00 bits per heavy atom. The number of rotatable bonds is 8. The topological polar surface area (TPSA) is 59.1 Å².